The summed E-state index contributed by atoms with van der Waals surface area (Å²) in [7, 11) is 0. The maximum Gasteiger partial charge on any atom is 0.168 e. The summed E-state index contributed by atoms with van der Waals surface area (Å²) in [6, 6.07) is 3.74. The first-order valence-electron chi connectivity index (χ1n) is 4.79. The fourth-order valence-corrected chi connectivity index (χ4v) is 1.47. The van der Waals surface area contributed by atoms with Gasteiger partial charge in [-0.3, -0.25) is 4.40 Å². The molecule has 0 atom stereocenters. The SMILES string of the molecule is CC(C)(O)c1nnc2ccc(CN)cn12. The van der Waals surface area contributed by atoms with Crippen molar-refractivity contribution in [3.63, 3.8) is 0 Å². The summed E-state index contributed by atoms with van der Waals surface area (Å²) in [4.78, 5) is 0. The molecule has 0 amide bonds. The van der Waals surface area contributed by atoms with Crippen molar-refractivity contribution in [2.75, 3.05) is 0 Å². The Kier molecular flexibility index (Phi) is 2.21. The molecule has 0 fully saturated rings. The lowest BCUT2D eigenvalue weighted by Crippen LogP contribution is -2.19. The largest absolute Gasteiger partial charge is 0.382 e. The average Bonchev–Trinajstić information content (AvgIpc) is 2.59. The Morgan fingerprint density at radius 3 is 2.73 bits per heavy atom. The molecule has 0 spiro atoms. The van der Waals surface area contributed by atoms with Crippen LogP contribution in [-0.2, 0) is 12.1 Å². The molecule has 0 aliphatic rings. The fourth-order valence-electron chi connectivity index (χ4n) is 1.47. The van der Waals surface area contributed by atoms with Gasteiger partial charge in [0.15, 0.2) is 11.5 Å². The van der Waals surface area contributed by atoms with Crippen LogP contribution < -0.4 is 5.73 Å². The van der Waals surface area contributed by atoms with Crippen LogP contribution in [0.15, 0.2) is 18.3 Å². The molecule has 0 aliphatic heterocycles. The molecule has 0 saturated carbocycles. The first kappa shape index (κ1) is 10.1. The third-order valence-electron chi connectivity index (χ3n) is 2.25. The van der Waals surface area contributed by atoms with E-state index < -0.39 is 5.60 Å². The van der Waals surface area contributed by atoms with Gasteiger partial charge in [-0.05, 0) is 25.5 Å². The third kappa shape index (κ3) is 1.71. The van der Waals surface area contributed by atoms with Crippen molar-refractivity contribution in [1.82, 2.24) is 14.6 Å². The standard InChI is InChI=1S/C10H14N4O/c1-10(2,15)9-13-12-8-4-3-7(5-11)6-14(8)9/h3-4,6,15H,5,11H2,1-2H3. The van der Waals surface area contributed by atoms with Crippen molar-refractivity contribution >= 4 is 5.65 Å². The Balaban J connectivity index is 2.67. The number of aromatic nitrogens is 3. The lowest BCUT2D eigenvalue weighted by atomic mass is 10.1. The van der Waals surface area contributed by atoms with E-state index in [1.54, 1.807) is 18.2 Å². The van der Waals surface area contributed by atoms with Gasteiger partial charge in [0.2, 0.25) is 0 Å². The van der Waals surface area contributed by atoms with Crippen LogP contribution in [0, 0.1) is 0 Å². The van der Waals surface area contributed by atoms with Gasteiger partial charge in [0.05, 0.1) is 0 Å². The number of nitrogens with two attached hydrogens (primary N) is 1. The van der Waals surface area contributed by atoms with Crippen molar-refractivity contribution in [3.8, 4) is 0 Å². The van der Waals surface area contributed by atoms with E-state index >= 15 is 0 Å². The molecule has 0 bridgehead atoms. The highest BCUT2D eigenvalue weighted by molar-refractivity contribution is 5.40. The summed E-state index contributed by atoms with van der Waals surface area (Å²) in [6.45, 7) is 3.82. The minimum Gasteiger partial charge on any atom is -0.382 e. The molecule has 5 heteroatoms. The summed E-state index contributed by atoms with van der Waals surface area (Å²) in [5.74, 6) is 0.521. The Morgan fingerprint density at radius 1 is 1.40 bits per heavy atom. The minimum atomic E-state index is -1.01. The van der Waals surface area contributed by atoms with Crippen LogP contribution in [0.2, 0.25) is 0 Å². The van der Waals surface area contributed by atoms with Crippen LogP contribution in [0.4, 0.5) is 0 Å². The number of nitrogens with zero attached hydrogens (tertiary/aromatic N) is 3. The van der Waals surface area contributed by atoms with Gasteiger partial charge in [-0.25, -0.2) is 0 Å². The molecular weight excluding hydrogens is 192 g/mol. The smallest absolute Gasteiger partial charge is 0.168 e. The van der Waals surface area contributed by atoms with E-state index in [0.717, 1.165) is 5.56 Å². The lowest BCUT2D eigenvalue weighted by molar-refractivity contribution is 0.0676. The van der Waals surface area contributed by atoms with E-state index in [2.05, 4.69) is 10.2 Å². The molecule has 0 aliphatic carbocycles. The van der Waals surface area contributed by atoms with E-state index in [4.69, 9.17) is 5.73 Å². The van der Waals surface area contributed by atoms with Crippen LogP contribution in [-0.4, -0.2) is 19.7 Å². The predicted octanol–water partition coefficient (Wildman–Crippen LogP) is 0.415. The topological polar surface area (TPSA) is 76.4 Å². The third-order valence-corrected chi connectivity index (χ3v) is 2.25. The van der Waals surface area contributed by atoms with Crippen LogP contribution in [0.5, 0.6) is 0 Å². The summed E-state index contributed by atoms with van der Waals surface area (Å²) in [5, 5.41) is 17.8. The first-order valence-corrected chi connectivity index (χ1v) is 4.79. The maximum absolute atomic E-state index is 9.88. The molecule has 80 valence electrons. The molecular formula is C10H14N4O. The van der Waals surface area contributed by atoms with E-state index in [9.17, 15) is 5.11 Å². The van der Waals surface area contributed by atoms with Crippen LogP contribution in [0.1, 0.15) is 25.2 Å². The molecule has 0 saturated heterocycles. The molecule has 2 rings (SSSR count). The number of pyridine rings is 1. The molecule has 0 aromatic carbocycles. The zero-order chi connectivity index (χ0) is 11.1. The van der Waals surface area contributed by atoms with Crippen molar-refractivity contribution in [2.24, 2.45) is 5.73 Å². The zero-order valence-corrected chi connectivity index (χ0v) is 8.81. The molecule has 0 radical (unpaired) electrons. The Morgan fingerprint density at radius 2 is 2.13 bits per heavy atom. The van der Waals surface area contributed by atoms with Crippen molar-refractivity contribution < 1.29 is 5.11 Å². The highest BCUT2D eigenvalue weighted by Crippen LogP contribution is 2.18. The molecule has 5 nitrogen and oxygen atoms in total. The lowest BCUT2D eigenvalue weighted by Gasteiger charge is -2.14. The van der Waals surface area contributed by atoms with Crippen LogP contribution in [0.25, 0.3) is 5.65 Å². The van der Waals surface area contributed by atoms with Gasteiger partial charge in [0.1, 0.15) is 5.60 Å². The Labute approximate surface area is 87.6 Å². The summed E-state index contributed by atoms with van der Waals surface area (Å²) >= 11 is 0. The summed E-state index contributed by atoms with van der Waals surface area (Å²) in [6.07, 6.45) is 1.85. The molecule has 3 N–H and O–H groups in total. The number of hydrogen-bond donors (Lipinski definition) is 2. The van der Waals surface area contributed by atoms with E-state index in [-0.39, 0.29) is 0 Å². The molecule has 15 heavy (non-hydrogen) atoms. The number of aliphatic hydroxyl groups is 1. The quantitative estimate of drug-likeness (QED) is 0.746. The Hall–Kier alpha value is -1.46. The second-order valence-corrected chi connectivity index (χ2v) is 4.05. The van der Waals surface area contributed by atoms with Gasteiger partial charge in [-0.1, -0.05) is 6.07 Å². The van der Waals surface area contributed by atoms with Crippen LogP contribution in [0.3, 0.4) is 0 Å². The highest BCUT2D eigenvalue weighted by atomic mass is 16.3. The second kappa shape index (κ2) is 3.29. The van der Waals surface area contributed by atoms with Gasteiger partial charge in [-0.15, -0.1) is 10.2 Å². The van der Waals surface area contributed by atoms with E-state index in [1.807, 2.05) is 18.3 Å². The second-order valence-electron chi connectivity index (χ2n) is 4.05. The van der Waals surface area contributed by atoms with Gasteiger partial charge < -0.3 is 10.8 Å². The Bertz CT molecular complexity index is 484. The van der Waals surface area contributed by atoms with Gasteiger partial charge in [0, 0.05) is 12.7 Å². The number of hydrogen-bond acceptors (Lipinski definition) is 4. The fraction of sp³-hybridized carbons (Fsp3) is 0.400. The summed E-state index contributed by atoms with van der Waals surface area (Å²) in [5.41, 5.74) is 6.24. The average molecular weight is 206 g/mol. The molecule has 2 aromatic heterocycles. The van der Waals surface area contributed by atoms with Gasteiger partial charge >= 0.3 is 0 Å². The first-order chi connectivity index (χ1) is 7.02. The van der Waals surface area contributed by atoms with Gasteiger partial charge in [0.25, 0.3) is 0 Å². The predicted molar refractivity (Wildman–Crippen MR) is 56.1 cm³/mol. The van der Waals surface area contributed by atoms with E-state index in [0.29, 0.717) is 18.0 Å². The van der Waals surface area contributed by atoms with E-state index in [1.165, 1.54) is 0 Å². The van der Waals surface area contributed by atoms with Gasteiger partial charge in [-0.2, -0.15) is 0 Å². The number of rotatable bonds is 2. The molecule has 0 unspecified atom stereocenters. The number of fused-ring (bicyclic) bond motifs is 1. The monoisotopic (exact) mass is 206 g/mol. The molecule has 2 heterocycles. The maximum atomic E-state index is 9.88. The zero-order valence-electron chi connectivity index (χ0n) is 8.81. The van der Waals surface area contributed by atoms with Crippen LogP contribution >= 0.6 is 0 Å². The van der Waals surface area contributed by atoms with Crippen molar-refractivity contribution in [1.29, 1.82) is 0 Å². The summed E-state index contributed by atoms with van der Waals surface area (Å²) < 4.78 is 1.77. The van der Waals surface area contributed by atoms with Crippen molar-refractivity contribution in [3.05, 3.63) is 29.7 Å². The van der Waals surface area contributed by atoms with Crippen molar-refractivity contribution in [2.45, 2.75) is 26.0 Å². The highest BCUT2D eigenvalue weighted by Gasteiger charge is 2.22. The normalized spacial score (nSPS) is 12.3. The molecule has 2 aromatic rings. The minimum absolute atomic E-state index is 0.458.